The van der Waals surface area contributed by atoms with Crippen LogP contribution >= 0.6 is 35.0 Å². The average Bonchev–Trinajstić information content (AvgIpc) is 2.91. The number of rotatable bonds is 3. The van der Waals surface area contributed by atoms with Gasteiger partial charge in [0.2, 0.25) is 5.91 Å². The second-order valence-corrected chi connectivity index (χ2v) is 10.0. The number of fused-ring (bicyclic) bond motifs is 1. The van der Waals surface area contributed by atoms with E-state index in [-0.39, 0.29) is 28.7 Å². The summed E-state index contributed by atoms with van der Waals surface area (Å²) in [5, 5.41) is 1.27. The van der Waals surface area contributed by atoms with Gasteiger partial charge in [0.05, 0.1) is 28.3 Å². The van der Waals surface area contributed by atoms with Gasteiger partial charge in [-0.2, -0.15) is 4.99 Å². The quantitative estimate of drug-likeness (QED) is 0.769. The molecule has 2 heterocycles. The zero-order chi connectivity index (χ0) is 17.5. The van der Waals surface area contributed by atoms with Gasteiger partial charge in [-0.25, -0.2) is 8.42 Å². The Kier molecular flexibility index (Phi) is 5.16. The minimum Gasteiger partial charge on any atom is -0.314 e. The number of benzene rings is 1. The summed E-state index contributed by atoms with van der Waals surface area (Å²) in [5.74, 6) is -0.0896. The molecule has 5 nitrogen and oxygen atoms in total. The number of thioether (sulfide) groups is 1. The van der Waals surface area contributed by atoms with E-state index in [9.17, 15) is 13.2 Å². The summed E-state index contributed by atoms with van der Waals surface area (Å²) in [6, 6.07) is 4.76. The summed E-state index contributed by atoms with van der Waals surface area (Å²) in [6.45, 7) is 1.91. The predicted octanol–water partition coefficient (Wildman–Crippen LogP) is 3.39. The molecule has 0 aliphatic carbocycles. The van der Waals surface area contributed by atoms with Crippen LogP contribution in [0, 0.1) is 0 Å². The number of anilines is 1. The van der Waals surface area contributed by atoms with Crippen LogP contribution in [0.5, 0.6) is 0 Å². The topological polar surface area (TPSA) is 66.8 Å². The van der Waals surface area contributed by atoms with Crippen LogP contribution in [0.3, 0.4) is 0 Å². The van der Waals surface area contributed by atoms with E-state index in [1.54, 1.807) is 23.1 Å². The van der Waals surface area contributed by atoms with Crippen molar-refractivity contribution in [2.75, 3.05) is 16.4 Å². The lowest BCUT2D eigenvalue weighted by Gasteiger charge is -2.25. The summed E-state index contributed by atoms with van der Waals surface area (Å²) in [4.78, 5) is 17.9. The summed E-state index contributed by atoms with van der Waals surface area (Å²) in [7, 11) is -3.10. The van der Waals surface area contributed by atoms with E-state index in [1.807, 2.05) is 6.92 Å². The highest BCUT2D eigenvalue weighted by Gasteiger charge is 2.49. The van der Waals surface area contributed by atoms with Crippen LogP contribution in [-0.2, 0) is 14.6 Å². The number of carbonyl (C=O) groups is 1. The van der Waals surface area contributed by atoms with E-state index in [0.29, 0.717) is 33.7 Å². The Morgan fingerprint density at radius 2 is 2.12 bits per heavy atom. The first kappa shape index (κ1) is 18.0. The minimum absolute atomic E-state index is 0.0324. The molecule has 0 radical (unpaired) electrons. The second kappa shape index (κ2) is 6.86. The van der Waals surface area contributed by atoms with Crippen LogP contribution in [0.25, 0.3) is 0 Å². The smallest absolute Gasteiger partial charge is 0.248 e. The SMILES string of the molecule is CCCC(=O)N=C1SC2CS(=O)(=O)CC2N1c1ccc(Cl)cc1Cl. The Balaban J connectivity index is 2.03. The maximum absolute atomic E-state index is 12.0. The number of hydrogen-bond donors (Lipinski definition) is 0. The Morgan fingerprint density at radius 3 is 2.79 bits per heavy atom. The summed E-state index contributed by atoms with van der Waals surface area (Å²) >= 11 is 13.6. The highest BCUT2D eigenvalue weighted by atomic mass is 35.5. The van der Waals surface area contributed by atoms with Crippen molar-refractivity contribution in [3.63, 3.8) is 0 Å². The van der Waals surface area contributed by atoms with E-state index in [2.05, 4.69) is 4.99 Å². The molecule has 2 atom stereocenters. The van der Waals surface area contributed by atoms with Gasteiger partial charge in [0.25, 0.3) is 0 Å². The summed E-state index contributed by atoms with van der Waals surface area (Å²) in [5.41, 5.74) is 0.626. The molecule has 0 bridgehead atoms. The maximum atomic E-state index is 12.0. The lowest BCUT2D eigenvalue weighted by Crippen LogP contribution is -2.37. The first-order valence-corrected chi connectivity index (χ1v) is 11.0. The average molecular weight is 407 g/mol. The van der Waals surface area contributed by atoms with E-state index in [1.165, 1.54) is 11.8 Å². The van der Waals surface area contributed by atoms with Crippen molar-refractivity contribution >= 4 is 61.6 Å². The highest BCUT2D eigenvalue weighted by Crippen LogP contribution is 2.43. The van der Waals surface area contributed by atoms with Gasteiger partial charge < -0.3 is 4.90 Å². The number of amidine groups is 1. The zero-order valence-electron chi connectivity index (χ0n) is 12.9. The normalized spacial score (nSPS) is 26.8. The number of nitrogens with zero attached hydrogens (tertiary/aromatic N) is 2. The maximum Gasteiger partial charge on any atom is 0.248 e. The molecular weight excluding hydrogens is 391 g/mol. The Labute approximate surface area is 155 Å². The molecule has 9 heteroatoms. The van der Waals surface area contributed by atoms with Crippen molar-refractivity contribution in [1.82, 2.24) is 0 Å². The molecule has 0 spiro atoms. The van der Waals surface area contributed by atoms with Crippen molar-refractivity contribution in [2.24, 2.45) is 4.99 Å². The Morgan fingerprint density at radius 1 is 1.38 bits per heavy atom. The highest BCUT2D eigenvalue weighted by molar-refractivity contribution is 8.16. The molecule has 1 aromatic rings. The fourth-order valence-corrected chi connectivity index (χ4v) is 7.32. The third kappa shape index (κ3) is 3.59. The monoisotopic (exact) mass is 406 g/mol. The molecule has 1 aromatic carbocycles. The third-order valence-electron chi connectivity index (χ3n) is 3.92. The first-order valence-electron chi connectivity index (χ1n) is 7.53. The number of carbonyl (C=O) groups excluding carboxylic acids is 1. The molecule has 1 amide bonds. The summed E-state index contributed by atoms with van der Waals surface area (Å²) < 4.78 is 24.0. The molecule has 24 heavy (non-hydrogen) atoms. The van der Waals surface area contributed by atoms with Crippen molar-refractivity contribution < 1.29 is 13.2 Å². The molecule has 0 N–H and O–H groups in total. The molecule has 2 fully saturated rings. The largest absolute Gasteiger partial charge is 0.314 e. The van der Waals surface area contributed by atoms with Crippen molar-refractivity contribution in [3.8, 4) is 0 Å². The standard InChI is InChI=1S/C15H16Cl2N2O3S2/c1-2-3-14(20)18-15-19(11-5-4-9(16)6-10(11)17)12-7-24(21,22)8-13(12)23-15/h4-6,12-13H,2-3,7-8H2,1H3. The van der Waals surface area contributed by atoms with E-state index >= 15 is 0 Å². The zero-order valence-corrected chi connectivity index (χ0v) is 16.1. The van der Waals surface area contributed by atoms with Crippen LogP contribution < -0.4 is 4.90 Å². The molecule has 0 saturated carbocycles. The third-order valence-corrected chi connectivity index (χ3v) is 7.67. The summed E-state index contributed by atoms with van der Waals surface area (Å²) in [6.07, 6.45) is 1.07. The van der Waals surface area contributed by atoms with Crippen molar-refractivity contribution in [2.45, 2.75) is 31.1 Å². The fraction of sp³-hybridized carbons (Fsp3) is 0.467. The lowest BCUT2D eigenvalue weighted by atomic mass is 10.2. The van der Waals surface area contributed by atoms with Gasteiger partial charge in [-0.05, 0) is 24.6 Å². The van der Waals surface area contributed by atoms with Crippen molar-refractivity contribution in [3.05, 3.63) is 28.2 Å². The van der Waals surface area contributed by atoms with Crippen LogP contribution in [0.1, 0.15) is 19.8 Å². The molecule has 2 aliphatic rings. The minimum atomic E-state index is -3.10. The number of aliphatic imine (C=N–C) groups is 1. The van der Waals surface area contributed by atoms with Gasteiger partial charge >= 0.3 is 0 Å². The molecule has 0 aromatic heterocycles. The number of hydrogen-bond acceptors (Lipinski definition) is 4. The van der Waals surface area contributed by atoms with Crippen LogP contribution in [0.15, 0.2) is 23.2 Å². The molecule has 2 unspecified atom stereocenters. The lowest BCUT2D eigenvalue weighted by molar-refractivity contribution is -0.117. The van der Waals surface area contributed by atoms with Gasteiger partial charge in [0.15, 0.2) is 15.0 Å². The van der Waals surface area contributed by atoms with E-state index < -0.39 is 9.84 Å². The molecule has 2 saturated heterocycles. The van der Waals surface area contributed by atoms with Crippen molar-refractivity contribution in [1.29, 1.82) is 0 Å². The number of sulfone groups is 1. The van der Waals surface area contributed by atoms with Gasteiger partial charge in [-0.1, -0.05) is 41.9 Å². The number of halogens is 2. The molecule has 3 rings (SSSR count). The molecule has 2 aliphatic heterocycles. The van der Waals surface area contributed by atoms with Gasteiger partial charge in [-0.15, -0.1) is 0 Å². The predicted molar refractivity (Wildman–Crippen MR) is 100 cm³/mol. The molecule has 130 valence electrons. The van der Waals surface area contributed by atoms with Crippen LogP contribution in [0.2, 0.25) is 10.0 Å². The van der Waals surface area contributed by atoms with Gasteiger partial charge in [0.1, 0.15) is 0 Å². The van der Waals surface area contributed by atoms with Gasteiger partial charge in [-0.3, -0.25) is 4.79 Å². The van der Waals surface area contributed by atoms with Crippen LogP contribution in [-0.4, -0.2) is 42.3 Å². The van der Waals surface area contributed by atoms with Gasteiger partial charge in [0, 0.05) is 16.7 Å². The van der Waals surface area contributed by atoms with E-state index in [4.69, 9.17) is 23.2 Å². The second-order valence-electron chi connectivity index (χ2n) is 5.80. The fourth-order valence-electron chi connectivity index (χ4n) is 2.90. The Hall–Kier alpha value is -0.760. The Bertz CT molecular complexity index is 811. The molecular formula is C15H16Cl2N2O3S2. The first-order chi connectivity index (χ1) is 11.3. The van der Waals surface area contributed by atoms with E-state index in [0.717, 1.165) is 0 Å². The van der Waals surface area contributed by atoms with Crippen LogP contribution in [0.4, 0.5) is 5.69 Å². The number of amides is 1.